The van der Waals surface area contributed by atoms with E-state index in [0.29, 0.717) is 0 Å². The van der Waals surface area contributed by atoms with Crippen LogP contribution in [0.2, 0.25) is 0 Å². The van der Waals surface area contributed by atoms with Crippen LogP contribution in [0.15, 0.2) is 53.6 Å². The van der Waals surface area contributed by atoms with Crippen LogP contribution in [0, 0.1) is 5.82 Å². The molecule has 0 spiro atoms. The van der Waals surface area contributed by atoms with Crippen molar-refractivity contribution in [2.45, 2.75) is 0 Å². The number of phenols is 1. The molecule has 5 heteroatoms. The Morgan fingerprint density at radius 3 is 2.74 bits per heavy atom. The number of nitrogens with zero attached hydrogens (tertiary/aromatic N) is 1. The van der Waals surface area contributed by atoms with Gasteiger partial charge in [-0.15, -0.1) is 0 Å². The minimum atomic E-state index is -0.483. The molecule has 0 aliphatic heterocycles. The summed E-state index contributed by atoms with van der Waals surface area (Å²) in [5.74, 6) is -0.910. The highest BCUT2D eigenvalue weighted by Gasteiger charge is 2.04. The molecule has 0 heterocycles. The molecule has 0 radical (unpaired) electrons. The van der Waals surface area contributed by atoms with Crippen molar-refractivity contribution in [3.8, 4) is 5.75 Å². The summed E-state index contributed by atoms with van der Waals surface area (Å²) in [7, 11) is 0. The molecule has 0 unspecified atom stereocenters. The fourth-order valence-corrected chi connectivity index (χ4v) is 1.45. The van der Waals surface area contributed by atoms with Gasteiger partial charge in [0.1, 0.15) is 11.6 Å². The number of rotatable bonds is 3. The quantitative estimate of drug-likeness (QED) is 0.655. The molecule has 0 aromatic heterocycles. The number of aromatic hydroxyl groups is 1. The molecule has 2 aromatic rings. The predicted octanol–water partition coefficient (Wildman–Crippen LogP) is 2.30. The van der Waals surface area contributed by atoms with Crippen molar-refractivity contribution in [3.05, 3.63) is 65.5 Å². The van der Waals surface area contributed by atoms with Crippen LogP contribution in [0.25, 0.3) is 0 Å². The van der Waals surface area contributed by atoms with Crippen LogP contribution < -0.4 is 5.43 Å². The molecule has 0 saturated carbocycles. The second-order valence-electron chi connectivity index (χ2n) is 3.77. The second-order valence-corrected chi connectivity index (χ2v) is 3.77. The second kappa shape index (κ2) is 5.77. The van der Waals surface area contributed by atoms with Gasteiger partial charge >= 0.3 is 0 Å². The van der Waals surface area contributed by atoms with E-state index in [1.807, 2.05) is 0 Å². The van der Waals surface area contributed by atoms with Gasteiger partial charge in [-0.3, -0.25) is 4.79 Å². The molecule has 1 amide bonds. The van der Waals surface area contributed by atoms with E-state index in [0.717, 1.165) is 0 Å². The Morgan fingerprint density at radius 2 is 2.00 bits per heavy atom. The van der Waals surface area contributed by atoms with E-state index in [-0.39, 0.29) is 16.9 Å². The standard InChI is InChI=1S/C14H11FN2O2/c15-13-7-2-1-4-11(13)9-16-17-14(19)10-5-3-6-12(18)8-10/h1-9,18H,(H,17,19)/b16-9+. The lowest BCUT2D eigenvalue weighted by Crippen LogP contribution is -2.17. The van der Waals surface area contributed by atoms with Gasteiger partial charge in [0.2, 0.25) is 0 Å². The van der Waals surface area contributed by atoms with Crippen LogP contribution in [0.5, 0.6) is 5.75 Å². The van der Waals surface area contributed by atoms with Gasteiger partial charge in [-0.2, -0.15) is 5.10 Å². The van der Waals surface area contributed by atoms with Crippen molar-refractivity contribution < 1.29 is 14.3 Å². The zero-order valence-electron chi connectivity index (χ0n) is 9.88. The lowest BCUT2D eigenvalue weighted by molar-refractivity contribution is 0.0954. The third-order valence-corrected chi connectivity index (χ3v) is 2.38. The Labute approximate surface area is 109 Å². The average molecular weight is 258 g/mol. The summed E-state index contributed by atoms with van der Waals surface area (Å²) in [6.45, 7) is 0. The number of phenolic OH excluding ortho intramolecular Hbond substituents is 1. The SMILES string of the molecule is O=C(N/N=C/c1ccccc1F)c1cccc(O)c1. The summed E-state index contributed by atoms with van der Waals surface area (Å²) in [4.78, 5) is 11.6. The van der Waals surface area contributed by atoms with E-state index >= 15 is 0 Å². The summed E-state index contributed by atoms with van der Waals surface area (Å²) < 4.78 is 13.3. The van der Waals surface area contributed by atoms with Crippen LogP contribution in [0.3, 0.4) is 0 Å². The molecular weight excluding hydrogens is 247 g/mol. The Bertz CT molecular complexity index is 626. The number of hydrazone groups is 1. The van der Waals surface area contributed by atoms with Gasteiger partial charge in [0.25, 0.3) is 5.91 Å². The summed E-state index contributed by atoms with van der Waals surface area (Å²) >= 11 is 0. The molecule has 0 aliphatic rings. The largest absolute Gasteiger partial charge is 0.508 e. The van der Waals surface area contributed by atoms with E-state index in [4.69, 9.17) is 0 Å². The fraction of sp³-hybridized carbons (Fsp3) is 0. The lowest BCUT2D eigenvalue weighted by Gasteiger charge is -2.00. The van der Waals surface area contributed by atoms with Gasteiger partial charge in [-0.1, -0.05) is 24.3 Å². The highest BCUT2D eigenvalue weighted by molar-refractivity contribution is 5.95. The molecule has 2 rings (SSSR count). The highest BCUT2D eigenvalue weighted by atomic mass is 19.1. The maximum Gasteiger partial charge on any atom is 0.271 e. The van der Waals surface area contributed by atoms with Gasteiger partial charge in [-0.05, 0) is 24.3 Å². The summed E-state index contributed by atoms with van der Waals surface area (Å²) in [6.07, 6.45) is 1.22. The molecule has 19 heavy (non-hydrogen) atoms. The minimum Gasteiger partial charge on any atom is -0.508 e. The first-order valence-electron chi connectivity index (χ1n) is 5.54. The van der Waals surface area contributed by atoms with Crippen molar-refractivity contribution >= 4 is 12.1 Å². The molecule has 0 atom stereocenters. The van der Waals surface area contributed by atoms with Crippen molar-refractivity contribution in [1.82, 2.24) is 5.43 Å². The maximum atomic E-state index is 13.3. The van der Waals surface area contributed by atoms with Crippen molar-refractivity contribution in [2.75, 3.05) is 0 Å². The first-order valence-corrected chi connectivity index (χ1v) is 5.54. The third-order valence-electron chi connectivity index (χ3n) is 2.38. The molecular formula is C14H11FN2O2. The average Bonchev–Trinajstić information content (AvgIpc) is 2.41. The van der Waals surface area contributed by atoms with Crippen LogP contribution in [0.4, 0.5) is 4.39 Å². The number of carbonyl (C=O) groups excluding carboxylic acids is 1. The zero-order valence-corrected chi connectivity index (χ0v) is 9.88. The number of hydrogen-bond donors (Lipinski definition) is 2. The van der Waals surface area contributed by atoms with Crippen LogP contribution in [0.1, 0.15) is 15.9 Å². The van der Waals surface area contributed by atoms with Crippen molar-refractivity contribution in [1.29, 1.82) is 0 Å². The molecule has 2 N–H and O–H groups in total. The van der Waals surface area contributed by atoms with Gasteiger partial charge in [0.15, 0.2) is 0 Å². The van der Waals surface area contributed by atoms with Crippen molar-refractivity contribution in [3.63, 3.8) is 0 Å². The third kappa shape index (κ3) is 3.38. The first-order chi connectivity index (χ1) is 9.16. The highest BCUT2D eigenvalue weighted by Crippen LogP contribution is 2.10. The van der Waals surface area contributed by atoms with Crippen LogP contribution >= 0.6 is 0 Å². The van der Waals surface area contributed by atoms with E-state index in [1.165, 1.54) is 30.5 Å². The Kier molecular flexibility index (Phi) is 3.87. The molecule has 96 valence electrons. The number of nitrogens with one attached hydrogen (secondary N) is 1. The normalized spacial score (nSPS) is 10.6. The number of carbonyl (C=O) groups is 1. The van der Waals surface area contributed by atoms with Crippen LogP contribution in [-0.2, 0) is 0 Å². The molecule has 0 fully saturated rings. The van der Waals surface area contributed by atoms with Gasteiger partial charge in [0, 0.05) is 11.1 Å². The smallest absolute Gasteiger partial charge is 0.271 e. The molecule has 4 nitrogen and oxygen atoms in total. The van der Waals surface area contributed by atoms with E-state index in [2.05, 4.69) is 10.5 Å². The first kappa shape index (κ1) is 12.8. The van der Waals surface area contributed by atoms with Gasteiger partial charge < -0.3 is 5.11 Å². The Balaban J connectivity index is 2.03. The van der Waals surface area contributed by atoms with Gasteiger partial charge in [-0.25, -0.2) is 9.82 Å². The van der Waals surface area contributed by atoms with E-state index < -0.39 is 11.7 Å². The number of hydrogen-bond acceptors (Lipinski definition) is 3. The number of benzene rings is 2. The van der Waals surface area contributed by atoms with Gasteiger partial charge in [0.05, 0.1) is 6.21 Å². The number of halogens is 1. The molecule has 0 aliphatic carbocycles. The topological polar surface area (TPSA) is 61.7 Å². The predicted molar refractivity (Wildman–Crippen MR) is 69.6 cm³/mol. The van der Waals surface area contributed by atoms with Crippen molar-refractivity contribution in [2.24, 2.45) is 5.10 Å². The summed E-state index contributed by atoms with van der Waals surface area (Å²) in [6, 6.07) is 11.9. The fourth-order valence-electron chi connectivity index (χ4n) is 1.45. The zero-order chi connectivity index (χ0) is 13.7. The summed E-state index contributed by atoms with van der Waals surface area (Å²) in [5.41, 5.74) is 2.80. The molecule has 2 aromatic carbocycles. The van der Waals surface area contributed by atoms with E-state index in [9.17, 15) is 14.3 Å². The maximum absolute atomic E-state index is 13.3. The molecule has 0 saturated heterocycles. The Morgan fingerprint density at radius 1 is 1.21 bits per heavy atom. The number of amides is 1. The molecule has 0 bridgehead atoms. The Hall–Kier alpha value is -2.69. The lowest BCUT2D eigenvalue weighted by atomic mass is 10.2. The van der Waals surface area contributed by atoms with E-state index in [1.54, 1.807) is 24.3 Å². The summed E-state index contributed by atoms with van der Waals surface area (Å²) in [5, 5.41) is 12.9. The monoisotopic (exact) mass is 258 g/mol. The van der Waals surface area contributed by atoms with Crippen LogP contribution in [-0.4, -0.2) is 17.2 Å². The minimum absolute atomic E-state index is 0.00858.